The second-order valence-corrected chi connectivity index (χ2v) is 4.97. The Morgan fingerprint density at radius 3 is 2.70 bits per heavy atom. The molecule has 0 unspecified atom stereocenters. The average molecular weight is 270 g/mol. The van der Waals surface area contributed by atoms with Crippen molar-refractivity contribution in [3.05, 3.63) is 53.9 Å². The lowest BCUT2D eigenvalue weighted by atomic mass is 10.0. The first kappa shape index (κ1) is 14.1. The third-order valence-electron chi connectivity index (χ3n) is 3.16. The predicted molar refractivity (Wildman–Crippen MR) is 79.0 cm³/mol. The number of para-hydroxylation sites is 1. The molecular formula is C16H18N2O2. The van der Waals surface area contributed by atoms with Gasteiger partial charge in [0, 0.05) is 11.9 Å². The molecule has 1 heterocycles. The summed E-state index contributed by atoms with van der Waals surface area (Å²) in [4.78, 5) is 22.9. The number of hydrogen-bond acceptors (Lipinski definition) is 2. The zero-order chi connectivity index (χ0) is 14.5. The van der Waals surface area contributed by atoms with Gasteiger partial charge in [0.2, 0.25) is 5.91 Å². The zero-order valence-electron chi connectivity index (χ0n) is 11.7. The van der Waals surface area contributed by atoms with Gasteiger partial charge in [-0.05, 0) is 29.7 Å². The summed E-state index contributed by atoms with van der Waals surface area (Å²) in [5.74, 6) is 0.195. The molecule has 4 heteroatoms. The van der Waals surface area contributed by atoms with Crippen molar-refractivity contribution in [3.63, 3.8) is 0 Å². The monoisotopic (exact) mass is 270 g/mol. The van der Waals surface area contributed by atoms with Crippen LogP contribution in [0.25, 0.3) is 0 Å². The summed E-state index contributed by atoms with van der Waals surface area (Å²) in [6, 6.07) is 11.2. The fourth-order valence-electron chi connectivity index (χ4n) is 2.14. The van der Waals surface area contributed by atoms with E-state index >= 15 is 0 Å². The highest BCUT2D eigenvalue weighted by atomic mass is 16.2. The standard InChI is InChI=1S/C16H18N2O2/c1-12(2)14-7-3-4-8-15(14)17-16(20)10-18-9-5-6-13(18)11-19/h3-9,11-12H,10H2,1-2H3,(H,17,20). The Morgan fingerprint density at radius 2 is 2.00 bits per heavy atom. The van der Waals surface area contributed by atoms with Crippen LogP contribution in [0.4, 0.5) is 5.69 Å². The Kier molecular flexibility index (Phi) is 4.35. The van der Waals surface area contributed by atoms with Crippen molar-refractivity contribution < 1.29 is 9.59 Å². The molecule has 1 aromatic carbocycles. The molecule has 0 spiro atoms. The maximum Gasteiger partial charge on any atom is 0.244 e. The Morgan fingerprint density at radius 1 is 1.25 bits per heavy atom. The third kappa shape index (κ3) is 3.15. The molecule has 0 aliphatic heterocycles. The number of anilines is 1. The van der Waals surface area contributed by atoms with Crippen molar-refractivity contribution in [2.45, 2.75) is 26.3 Å². The molecule has 1 aromatic heterocycles. The molecule has 2 aromatic rings. The van der Waals surface area contributed by atoms with E-state index in [0.29, 0.717) is 11.6 Å². The molecule has 0 saturated carbocycles. The average Bonchev–Trinajstić information content (AvgIpc) is 2.86. The van der Waals surface area contributed by atoms with E-state index in [9.17, 15) is 9.59 Å². The number of aromatic nitrogens is 1. The topological polar surface area (TPSA) is 51.1 Å². The lowest BCUT2D eigenvalue weighted by molar-refractivity contribution is -0.116. The van der Waals surface area contributed by atoms with E-state index in [4.69, 9.17) is 0 Å². The number of amides is 1. The lowest BCUT2D eigenvalue weighted by Gasteiger charge is -2.14. The van der Waals surface area contributed by atoms with Gasteiger partial charge in [-0.2, -0.15) is 0 Å². The summed E-state index contributed by atoms with van der Waals surface area (Å²) in [7, 11) is 0. The molecule has 2 rings (SSSR count). The molecule has 0 atom stereocenters. The zero-order valence-corrected chi connectivity index (χ0v) is 11.7. The number of carbonyl (C=O) groups excluding carboxylic acids is 2. The van der Waals surface area contributed by atoms with Gasteiger partial charge in [-0.15, -0.1) is 0 Å². The van der Waals surface area contributed by atoms with E-state index in [1.54, 1.807) is 22.9 Å². The molecule has 0 aliphatic carbocycles. The minimum atomic E-state index is -0.141. The number of nitrogens with zero attached hydrogens (tertiary/aromatic N) is 1. The smallest absolute Gasteiger partial charge is 0.244 e. The van der Waals surface area contributed by atoms with Crippen LogP contribution >= 0.6 is 0 Å². The largest absolute Gasteiger partial charge is 0.336 e. The number of benzene rings is 1. The summed E-state index contributed by atoms with van der Waals surface area (Å²) < 4.78 is 1.63. The molecule has 0 saturated heterocycles. The fourth-order valence-corrected chi connectivity index (χ4v) is 2.14. The number of aldehydes is 1. The Hall–Kier alpha value is -2.36. The minimum absolute atomic E-state index is 0.132. The molecule has 0 radical (unpaired) electrons. The molecule has 0 bridgehead atoms. The van der Waals surface area contributed by atoms with E-state index in [1.807, 2.05) is 24.3 Å². The molecule has 4 nitrogen and oxygen atoms in total. The highest BCUT2D eigenvalue weighted by Gasteiger charge is 2.10. The van der Waals surface area contributed by atoms with Gasteiger partial charge >= 0.3 is 0 Å². The SMILES string of the molecule is CC(C)c1ccccc1NC(=O)Cn1cccc1C=O. The number of hydrogen-bond donors (Lipinski definition) is 1. The van der Waals surface area contributed by atoms with Crippen molar-refractivity contribution >= 4 is 17.9 Å². The molecular weight excluding hydrogens is 252 g/mol. The van der Waals surface area contributed by atoms with Crippen molar-refractivity contribution in [2.24, 2.45) is 0 Å². The maximum atomic E-state index is 12.1. The highest BCUT2D eigenvalue weighted by molar-refractivity contribution is 5.92. The van der Waals surface area contributed by atoms with Crippen LogP contribution in [0.2, 0.25) is 0 Å². The molecule has 104 valence electrons. The summed E-state index contributed by atoms with van der Waals surface area (Å²) in [6.45, 7) is 4.30. The Bertz CT molecular complexity index is 614. The second-order valence-electron chi connectivity index (χ2n) is 4.97. The first-order valence-electron chi connectivity index (χ1n) is 6.61. The van der Waals surface area contributed by atoms with E-state index in [-0.39, 0.29) is 12.5 Å². The Labute approximate surface area is 118 Å². The predicted octanol–water partition coefficient (Wildman–Crippen LogP) is 3.06. The van der Waals surface area contributed by atoms with Crippen molar-refractivity contribution in [1.82, 2.24) is 4.57 Å². The summed E-state index contributed by atoms with van der Waals surface area (Å²) in [5.41, 5.74) is 2.42. The van der Waals surface area contributed by atoms with E-state index in [2.05, 4.69) is 19.2 Å². The van der Waals surface area contributed by atoms with Crippen molar-refractivity contribution in [2.75, 3.05) is 5.32 Å². The Balaban J connectivity index is 2.11. The van der Waals surface area contributed by atoms with Crippen molar-refractivity contribution in [1.29, 1.82) is 0 Å². The van der Waals surface area contributed by atoms with E-state index in [1.165, 1.54) is 0 Å². The van der Waals surface area contributed by atoms with Gasteiger partial charge in [-0.3, -0.25) is 9.59 Å². The van der Waals surface area contributed by atoms with Gasteiger partial charge in [-0.1, -0.05) is 32.0 Å². The number of nitrogens with one attached hydrogen (secondary N) is 1. The van der Waals surface area contributed by atoms with Crippen molar-refractivity contribution in [3.8, 4) is 0 Å². The summed E-state index contributed by atoms with van der Waals surface area (Å²) >= 11 is 0. The van der Waals surface area contributed by atoms with Gasteiger partial charge in [0.25, 0.3) is 0 Å². The van der Waals surface area contributed by atoms with Crippen LogP contribution in [0, 0.1) is 0 Å². The molecule has 0 fully saturated rings. The summed E-state index contributed by atoms with van der Waals surface area (Å²) in [5, 5.41) is 2.91. The van der Waals surface area contributed by atoms with Crippen LogP contribution in [0.5, 0.6) is 0 Å². The number of rotatable bonds is 5. The van der Waals surface area contributed by atoms with Gasteiger partial charge in [-0.25, -0.2) is 0 Å². The van der Waals surface area contributed by atoms with Gasteiger partial charge in [0.1, 0.15) is 6.54 Å². The third-order valence-corrected chi connectivity index (χ3v) is 3.16. The van der Waals surface area contributed by atoms with Gasteiger partial charge in [0.05, 0.1) is 5.69 Å². The molecule has 20 heavy (non-hydrogen) atoms. The van der Waals surface area contributed by atoms with Crippen LogP contribution in [0.3, 0.4) is 0 Å². The van der Waals surface area contributed by atoms with Crippen LogP contribution in [0.1, 0.15) is 35.8 Å². The van der Waals surface area contributed by atoms with Gasteiger partial charge < -0.3 is 9.88 Å². The molecule has 1 amide bonds. The quantitative estimate of drug-likeness (QED) is 0.849. The van der Waals surface area contributed by atoms with E-state index < -0.39 is 0 Å². The second kappa shape index (κ2) is 6.19. The fraction of sp³-hybridized carbons (Fsp3) is 0.250. The highest BCUT2D eigenvalue weighted by Crippen LogP contribution is 2.23. The first-order valence-corrected chi connectivity index (χ1v) is 6.61. The van der Waals surface area contributed by atoms with Crippen LogP contribution in [0.15, 0.2) is 42.6 Å². The minimum Gasteiger partial charge on any atom is -0.336 e. The lowest BCUT2D eigenvalue weighted by Crippen LogP contribution is -2.20. The van der Waals surface area contributed by atoms with Gasteiger partial charge in [0.15, 0.2) is 6.29 Å². The van der Waals surface area contributed by atoms with Crippen LogP contribution in [-0.2, 0) is 11.3 Å². The maximum absolute atomic E-state index is 12.1. The first-order chi connectivity index (χ1) is 9.61. The molecule has 0 aliphatic rings. The molecule has 1 N–H and O–H groups in total. The van der Waals surface area contributed by atoms with Crippen LogP contribution in [-0.4, -0.2) is 16.8 Å². The normalized spacial score (nSPS) is 10.6. The summed E-state index contributed by atoms with van der Waals surface area (Å²) in [6.07, 6.45) is 2.47. The van der Waals surface area contributed by atoms with Crippen LogP contribution < -0.4 is 5.32 Å². The van der Waals surface area contributed by atoms with E-state index in [0.717, 1.165) is 17.5 Å². The number of carbonyl (C=O) groups is 2.